The Morgan fingerprint density at radius 2 is 2.06 bits per heavy atom. The number of hydrogen-bond acceptors (Lipinski definition) is 4. The number of anilines is 1. The van der Waals surface area contributed by atoms with Gasteiger partial charge in [0, 0.05) is 12.7 Å². The van der Waals surface area contributed by atoms with E-state index in [1.807, 2.05) is 0 Å². The van der Waals surface area contributed by atoms with Gasteiger partial charge in [0.05, 0.1) is 11.3 Å². The number of carbonyl (C=O) groups is 1. The molecule has 0 aliphatic carbocycles. The highest BCUT2D eigenvalue weighted by Gasteiger charge is 2.19. The average Bonchev–Trinajstić information content (AvgIpc) is 2.30. The molecule has 0 amide bonds. The van der Waals surface area contributed by atoms with Crippen molar-refractivity contribution in [3.8, 4) is 0 Å². The molecule has 0 saturated heterocycles. The Morgan fingerprint density at radius 1 is 1.41 bits per heavy atom. The monoisotopic (exact) mass is 258 g/mol. The number of pyridine rings is 1. The van der Waals surface area contributed by atoms with Gasteiger partial charge in [-0.15, -0.1) is 0 Å². The Labute approximate surface area is 100.0 Å². The summed E-state index contributed by atoms with van der Waals surface area (Å²) in [5.74, 6) is -0.881. The standard InChI is InChI=1S/C10H14N2O4S/c1-3-12(17(15,16)4-2)9-6-5-8(7-11-9)10(13)14/h5-7H,3-4H2,1-2H3,(H,13,14). The van der Waals surface area contributed by atoms with Gasteiger partial charge in [0.25, 0.3) is 0 Å². The maximum atomic E-state index is 11.7. The van der Waals surface area contributed by atoms with Crippen molar-refractivity contribution in [3.05, 3.63) is 23.9 Å². The van der Waals surface area contributed by atoms with Crippen molar-refractivity contribution in [1.29, 1.82) is 0 Å². The molecule has 0 aliphatic heterocycles. The van der Waals surface area contributed by atoms with Crippen LogP contribution >= 0.6 is 0 Å². The van der Waals surface area contributed by atoms with Crippen LogP contribution in [0.5, 0.6) is 0 Å². The fourth-order valence-corrected chi connectivity index (χ4v) is 2.42. The molecule has 0 fully saturated rings. The lowest BCUT2D eigenvalue weighted by Crippen LogP contribution is -2.32. The molecule has 0 aliphatic rings. The highest BCUT2D eigenvalue weighted by atomic mass is 32.2. The van der Waals surface area contributed by atoms with E-state index in [1.54, 1.807) is 13.8 Å². The van der Waals surface area contributed by atoms with Gasteiger partial charge in [0.2, 0.25) is 10.0 Å². The van der Waals surface area contributed by atoms with Crippen molar-refractivity contribution in [2.45, 2.75) is 13.8 Å². The smallest absolute Gasteiger partial charge is 0.337 e. The largest absolute Gasteiger partial charge is 0.478 e. The van der Waals surface area contributed by atoms with Gasteiger partial charge in [0.15, 0.2) is 0 Å². The van der Waals surface area contributed by atoms with Gasteiger partial charge in [-0.2, -0.15) is 0 Å². The van der Waals surface area contributed by atoms with E-state index in [0.29, 0.717) is 0 Å². The molecule has 0 bridgehead atoms. The van der Waals surface area contributed by atoms with Crippen LogP contribution in [0.1, 0.15) is 24.2 Å². The zero-order chi connectivity index (χ0) is 13.1. The van der Waals surface area contributed by atoms with Gasteiger partial charge in [0.1, 0.15) is 5.82 Å². The lowest BCUT2D eigenvalue weighted by atomic mass is 10.3. The highest BCUT2D eigenvalue weighted by Crippen LogP contribution is 2.15. The summed E-state index contributed by atoms with van der Waals surface area (Å²) in [7, 11) is -3.37. The predicted molar refractivity (Wildman–Crippen MR) is 63.7 cm³/mol. The van der Waals surface area contributed by atoms with Crippen molar-refractivity contribution >= 4 is 21.8 Å². The van der Waals surface area contributed by atoms with E-state index in [-0.39, 0.29) is 23.7 Å². The summed E-state index contributed by atoms with van der Waals surface area (Å²) in [6.45, 7) is 3.50. The molecule has 0 atom stereocenters. The first-order valence-electron chi connectivity index (χ1n) is 5.12. The number of carboxylic acids is 1. The second kappa shape index (κ2) is 5.13. The highest BCUT2D eigenvalue weighted by molar-refractivity contribution is 7.92. The molecular weight excluding hydrogens is 244 g/mol. The van der Waals surface area contributed by atoms with E-state index in [4.69, 9.17) is 5.11 Å². The van der Waals surface area contributed by atoms with Crippen molar-refractivity contribution in [2.75, 3.05) is 16.6 Å². The van der Waals surface area contributed by atoms with Crippen LogP contribution in [0.25, 0.3) is 0 Å². The first kappa shape index (κ1) is 13.4. The predicted octanol–water partition coefficient (Wildman–Crippen LogP) is 0.956. The molecule has 0 unspecified atom stereocenters. The molecule has 0 saturated carbocycles. The van der Waals surface area contributed by atoms with Crippen LogP contribution < -0.4 is 4.31 Å². The maximum Gasteiger partial charge on any atom is 0.337 e. The number of aromatic nitrogens is 1. The van der Waals surface area contributed by atoms with Crippen molar-refractivity contribution in [3.63, 3.8) is 0 Å². The molecular formula is C10H14N2O4S. The van der Waals surface area contributed by atoms with Crippen molar-refractivity contribution in [1.82, 2.24) is 4.98 Å². The number of nitrogens with zero attached hydrogens (tertiary/aromatic N) is 2. The summed E-state index contributed by atoms with van der Waals surface area (Å²) in [4.78, 5) is 14.5. The summed E-state index contributed by atoms with van der Waals surface area (Å²) >= 11 is 0. The summed E-state index contributed by atoms with van der Waals surface area (Å²) < 4.78 is 24.6. The third-order valence-electron chi connectivity index (χ3n) is 2.24. The zero-order valence-electron chi connectivity index (χ0n) is 9.62. The van der Waals surface area contributed by atoms with Crippen LogP contribution in [0.2, 0.25) is 0 Å². The molecule has 1 aromatic rings. The first-order valence-corrected chi connectivity index (χ1v) is 6.73. The van der Waals surface area contributed by atoms with Crippen LogP contribution in [0.4, 0.5) is 5.82 Å². The minimum Gasteiger partial charge on any atom is -0.478 e. The average molecular weight is 258 g/mol. The van der Waals surface area contributed by atoms with Gasteiger partial charge >= 0.3 is 5.97 Å². The van der Waals surface area contributed by atoms with Crippen LogP contribution in [-0.4, -0.2) is 36.8 Å². The molecule has 6 nitrogen and oxygen atoms in total. The van der Waals surface area contributed by atoms with E-state index in [0.717, 1.165) is 10.5 Å². The van der Waals surface area contributed by atoms with Crippen LogP contribution in [0.15, 0.2) is 18.3 Å². The molecule has 1 rings (SSSR count). The summed E-state index contributed by atoms with van der Waals surface area (Å²) in [5.41, 5.74) is 0.0266. The Bertz CT molecular complexity index is 496. The lowest BCUT2D eigenvalue weighted by molar-refractivity contribution is 0.0696. The quantitative estimate of drug-likeness (QED) is 0.849. The third kappa shape index (κ3) is 2.94. The van der Waals surface area contributed by atoms with Gasteiger partial charge in [-0.25, -0.2) is 18.2 Å². The van der Waals surface area contributed by atoms with E-state index in [9.17, 15) is 13.2 Å². The fourth-order valence-electron chi connectivity index (χ4n) is 1.32. The zero-order valence-corrected chi connectivity index (χ0v) is 10.4. The lowest BCUT2D eigenvalue weighted by Gasteiger charge is -2.20. The number of hydrogen-bond donors (Lipinski definition) is 1. The number of carboxylic acid groups (broad SMARTS) is 1. The molecule has 7 heteroatoms. The minimum atomic E-state index is -3.37. The summed E-state index contributed by atoms with van der Waals surface area (Å²) in [6, 6.07) is 2.72. The Hall–Kier alpha value is -1.63. The molecule has 0 aromatic carbocycles. The second-order valence-electron chi connectivity index (χ2n) is 3.28. The second-order valence-corrected chi connectivity index (χ2v) is 5.46. The topological polar surface area (TPSA) is 87.6 Å². The first-order chi connectivity index (χ1) is 7.92. The number of rotatable bonds is 5. The van der Waals surface area contributed by atoms with Gasteiger partial charge < -0.3 is 5.11 Å². The molecule has 1 aromatic heterocycles. The molecule has 17 heavy (non-hydrogen) atoms. The van der Waals surface area contributed by atoms with Gasteiger partial charge in [-0.3, -0.25) is 4.31 Å². The number of sulfonamides is 1. The van der Waals surface area contributed by atoms with Crippen LogP contribution in [0, 0.1) is 0 Å². The van der Waals surface area contributed by atoms with Crippen LogP contribution in [0.3, 0.4) is 0 Å². The summed E-state index contributed by atoms with van der Waals surface area (Å²) in [5, 5.41) is 8.71. The molecule has 1 heterocycles. The Balaban J connectivity index is 3.10. The number of aromatic carboxylic acids is 1. The maximum absolute atomic E-state index is 11.7. The normalized spacial score (nSPS) is 11.2. The molecule has 1 N–H and O–H groups in total. The van der Waals surface area contributed by atoms with E-state index < -0.39 is 16.0 Å². The third-order valence-corrected chi connectivity index (χ3v) is 4.08. The SMILES string of the molecule is CCN(c1ccc(C(=O)O)cn1)S(=O)(=O)CC. The minimum absolute atomic E-state index is 0.0246. The van der Waals surface area contributed by atoms with E-state index in [1.165, 1.54) is 12.1 Å². The van der Waals surface area contributed by atoms with E-state index in [2.05, 4.69) is 4.98 Å². The summed E-state index contributed by atoms with van der Waals surface area (Å²) in [6.07, 6.45) is 1.14. The van der Waals surface area contributed by atoms with E-state index >= 15 is 0 Å². The fraction of sp³-hybridized carbons (Fsp3) is 0.400. The van der Waals surface area contributed by atoms with Crippen molar-refractivity contribution < 1.29 is 18.3 Å². The molecule has 94 valence electrons. The van der Waals surface area contributed by atoms with Crippen molar-refractivity contribution in [2.24, 2.45) is 0 Å². The Morgan fingerprint density at radius 3 is 2.41 bits per heavy atom. The molecule has 0 spiro atoms. The Kier molecular flexibility index (Phi) is 4.06. The van der Waals surface area contributed by atoms with Crippen LogP contribution in [-0.2, 0) is 10.0 Å². The van der Waals surface area contributed by atoms with Gasteiger partial charge in [-0.1, -0.05) is 0 Å². The molecule has 0 radical (unpaired) electrons. The van der Waals surface area contributed by atoms with Gasteiger partial charge in [-0.05, 0) is 26.0 Å².